The summed E-state index contributed by atoms with van der Waals surface area (Å²) >= 11 is 0. The summed E-state index contributed by atoms with van der Waals surface area (Å²) in [5.74, 6) is 0. The molecule has 1 N–H and O–H groups in total. The highest BCUT2D eigenvalue weighted by atomic mass is 15.0. The zero-order chi connectivity index (χ0) is 14.9. The van der Waals surface area contributed by atoms with E-state index in [9.17, 15) is 0 Å². The minimum absolute atomic E-state index is 0.471. The van der Waals surface area contributed by atoms with E-state index in [1.165, 1.54) is 22.2 Å². The average molecular weight is 291 g/mol. The van der Waals surface area contributed by atoms with E-state index in [1.54, 1.807) is 0 Å². The maximum absolute atomic E-state index is 4.51. The van der Waals surface area contributed by atoms with Gasteiger partial charge in [0.2, 0.25) is 0 Å². The van der Waals surface area contributed by atoms with Gasteiger partial charge in [-0.15, -0.1) is 0 Å². The van der Waals surface area contributed by atoms with E-state index in [1.807, 2.05) is 12.3 Å². The van der Waals surface area contributed by atoms with Crippen LogP contribution in [0.15, 0.2) is 48.7 Å². The third-order valence-corrected chi connectivity index (χ3v) is 4.68. The van der Waals surface area contributed by atoms with Crippen LogP contribution in [-0.2, 0) is 13.0 Å². The van der Waals surface area contributed by atoms with Crippen molar-refractivity contribution in [3.05, 3.63) is 65.6 Å². The number of benzene rings is 1. The Hall–Kier alpha value is -2.13. The lowest BCUT2D eigenvalue weighted by atomic mass is 9.96. The number of rotatable bonds is 3. The Morgan fingerprint density at radius 1 is 1.18 bits per heavy atom. The van der Waals surface area contributed by atoms with Gasteiger partial charge in [-0.2, -0.15) is 0 Å². The second kappa shape index (κ2) is 5.58. The zero-order valence-corrected chi connectivity index (χ0v) is 12.9. The number of hydrogen-bond donors (Lipinski definition) is 1. The molecule has 3 heterocycles. The average Bonchev–Trinajstić information content (AvgIpc) is 2.90. The predicted molar refractivity (Wildman–Crippen MR) is 90.0 cm³/mol. The molecule has 1 atom stereocenters. The van der Waals surface area contributed by atoms with Crippen LogP contribution in [0.2, 0.25) is 0 Å². The Balaban J connectivity index is 1.91. The van der Waals surface area contributed by atoms with E-state index in [4.69, 9.17) is 0 Å². The number of nitrogens with zero attached hydrogens (tertiary/aromatic N) is 2. The number of hydrogen-bond acceptors (Lipinski definition) is 2. The smallest absolute Gasteiger partial charge is 0.0651 e. The first kappa shape index (κ1) is 13.5. The van der Waals surface area contributed by atoms with Gasteiger partial charge in [0.05, 0.1) is 12.2 Å². The van der Waals surface area contributed by atoms with Gasteiger partial charge in [0.15, 0.2) is 0 Å². The fraction of sp³-hybridized carbons (Fsp3) is 0.316. The maximum Gasteiger partial charge on any atom is 0.0651 e. The van der Waals surface area contributed by atoms with Gasteiger partial charge in [-0.25, -0.2) is 0 Å². The summed E-state index contributed by atoms with van der Waals surface area (Å²) in [6.45, 7) is 4.18. The standard InChI is InChI=1S/C19H21N3/c1-2-16-19-15-8-3-4-9-17(15)22(18(19)10-12-21-16)13-14-7-5-6-11-20-14/h3-9,11,16,21H,2,10,12-13H2,1H3. The lowest BCUT2D eigenvalue weighted by molar-refractivity contribution is 0.484. The van der Waals surface area contributed by atoms with Crippen LogP contribution >= 0.6 is 0 Å². The molecule has 0 radical (unpaired) electrons. The summed E-state index contributed by atoms with van der Waals surface area (Å²) in [5, 5.41) is 5.06. The van der Waals surface area contributed by atoms with Crippen LogP contribution in [0.1, 0.15) is 36.3 Å². The molecule has 0 spiro atoms. The summed E-state index contributed by atoms with van der Waals surface area (Å²) in [4.78, 5) is 4.51. The van der Waals surface area contributed by atoms with Crippen LogP contribution in [0.4, 0.5) is 0 Å². The van der Waals surface area contributed by atoms with Gasteiger partial charge < -0.3 is 9.88 Å². The molecule has 1 unspecified atom stereocenters. The molecule has 0 fully saturated rings. The predicted octanol–water partition coefficient (Wildman–Crippen LogP) is 3.68. The Labute approximate surface area is 131 Å². The molecule has 0 saturated carbocycles. The molecule has 2 aromatic heterocycles. The second-order valence-corrected chi connectivity index (χ2v) is 5.95. The third-order valence-electron chi connectivity index (χ3n) is 4.68. The second-order valence-electron chi connectivity index (χ2n) is 5.95. The molecule has 0 amide bonds. The molecule has 1 aromatic carbocycles. The quantitative estimate of drug-likeness (QED) is 0.797. The normalized spacial score (nSPS) is 17.6. The van der Waals surface area contributed by atoms with Crippen LogP contribution in [0.5, 0.6) is 0 Å². The van der Waals surface area contributed by atoms with E-state index in [0.29, 0.717) is 6.04 Å². The van der Waals surface area contributed by atoms with Gasteiger partial charge in [-0.1, -0.05) is 31.2 Å². The zero-order valence-electron chi connectivity index (χ0n) is 12.9. The topological polar surface area (TPSA) is 29.9 Å². The van der Waals surface area contributed by atoms with Crippen molar-refractivity contribution >= 4 is 10.9 Å². The fourth-order valence-electron chi connectivity index (χ4n) is 3.69. The lowest BCUT2D eigenvalue weighted by Crippen LogP contribution is -2.30. The van der Waals surface area contributed by atoms with Crippen molar-refractivity contribution in [3.8, 4) is 0 Å². The van der Waals surface area contributed by atoms with Crippen LogP contribution in [0.3, 0.4) is 0 Å². The van der Waals surface area contributed by atoms with Gasteiger partial charge in [0, 0.05) is 41.8 Å². The molecule has 22 heavy (non-hydrogen) atoms. The Morgan fingerprint density at radius 2 is 2.05 bits per heavy atom. The van der Waals surface area contributed by atoms with E-state index in [-0.39, 0.29) is 0 Å². The molecule has 0 bridgehead atoms. The number of para-hydroxylation sites is 1. The summed E-state index contributed by atoms with van der Waals surface area (Å²) < 4.78 is 2.47. The molecule has 0 aliphatic carbocycles. The van der Waals surface area contributed by atoms with Gasteiger partial charge in [0.1, 0.15) is 0 Å². The third kappa shape index (κ3) is 2.13. The van der Waals surface area contributed by atoms with Crippen LogP contribution in [-0.4, -0.2) is 16.1 Å². The first-order valence-corrected chi connectivity index (χ1v) is 8.11. The van der Waals surface area contributed by atoms with E-state index < -0.39 is 0 Å². The Kier molecular flexibility index (Phi) is 3.43. The molecule has 1 aliphatic rings. The molecule has 3 nitrogen and oxygen atoms in total. The first-order chi connectivity index (χ1) is 10.9. The van der Waals surface area contributed by atoms with Crippen molar-refractivity contribution in [1.82, 2.24) is 14.9 Å². The van der Waals surface area contributed by atoms with Crippen molar-refractivity contribution in [2.24, 2.45) is 0 Å². The summed E-state index contributed by atoms with van der Waals surface area (Å²) in [6, 6.07) is 15.4. The maximum atomic E-state index is 4.51. The van der Waals surface area contributed by atoms with Crippen molar-refractivity contribution in [2.45, 2.75) is 32.4 Å². The Morgan fingerprint density at radius 3 is 2.86 bits per heavy atom. The highest BCUT2D eigenvalue weighted by molar-refractivity contribution is 5.86. The highest BCUT2D eigenvalue weighted by Gasteiger charge is 2.25. The molecule has 1 aliphatic heterocycles. The monoisotopic (exact) mass is 291 g/mol. The molecule has 0 saturated heterocycles. The molecule has 4 rings (SSSR count). The van der Waals surface area contributed by atoms with Crippen molar-refractivity contribution in [1.29, 1.82) is 0 Å². The summed E-state index contributed by atoms with van der Waals surface area (Å²) in [7, 11) is 0. The van der Waals surface area contributed by atoms with Gasteiger partial charge in [-0.3, -0.25) is 4.98 Å². The SMILES string of the molecule is CCC1NCCc2c1c1ccccc1n2Cc1ccccn1. The van der Waals surface area contributed by atoms with E-state index in [2.05, 4.69) is 58.2 Å². The number of aromatic nitrogens is 2. The van der Waals surface area contributed by atoms with Gasteiger partial charge in [0.25, 0.3) is 0 Å². The minimum Gasteiger partial charge on any atom is -0.338 e. The van der Waals surface area contributed by atoms with Crippen LogP contribution < -0.4 is 5.32 Å². The largest absolute Gasteiger partial charge is 0.338 e. The first-order valence-electron chi connectivity index (χ1n) is 8.11. The molecule has 3 heteroatoms. The van der Waals surface area contributed by atoms with Crippen molar-refractivity contribution in [2.75, 3.05) is 6.54 Å². The van der Waals surface area contributed by atoms with Gasteiger partial charge >= 0.3 is 0 Å². The molecule has 112 valence electrons. The lowest BCUT2D eigenvalue weighted by Gasteiger charge is -2.25. The van der Waals surface area contributed by atoms with Crippen molar-refractivity contribution in [3.63, 3.8) is 0 Å². The van der Waals surface area contributed by atoms with Crippen LogP contribution in [0.25, 0.3) is 10.9 Å². The van der Waals surface area contributed by atoms with E-state index in [0.717, 1.165) is 31.6 Å². The van der Waals surface area contributed by atoms with Crippen LogP contribution in [0, 0.1) is 0 Å². The fourth-order valence-corrected chi connectivity index (χ4v) is 3.69. The number of fused-ring (bicyclic) bond motifs is 3. The number of nitrogens with one attached hydrogen (secondary N) is 1. The van der Waals surface area contributed by atoms with E-state index >= 15 is 0 Å². The number of pyridine rings is 1. The van der Waals surface area contributed by atoms with Crippen molar-refractivity contribution < 1.29 is 0 Å². The highest BCUT2D eigenvalue weighted by Crippen LogP contribution is 2.35. The van der Waals surface area contributed by atoms with Gasteiger partial charge in [-0.05, 0) is 30.2 Å². The molecular weight excluding hydrogens is 270 g/mol. The summed E-state index contributed by atoms with van der Waals surface area (Å²) in [5.41, 5.74) is 5.44. The Bertz CT molecular complexity index is 789. The summed E-state index contributed by atoms with van der Waals surface area (Å²) in [6.07, 6.45) is 4.10. The minimum atomic E-state index is 0.471. The molecular formula is C19H21N3. The molecule has 3 aromatic rings.